The van der Waals surface area contributed by atoms with Crippen LogP contribution >= 0.6 is 23.2 Å². The fraction of sp³-hybridized carbons (Fsp3) is 0.615. The highest BCUT2D eigenvalue weighted by Crippen LogP contribution is 2.29. The Hall–Kier alpha value is -0.710. The van der Waals surface area contributed by atoms with Crippen molar-refractivity contribution in [3.63, 3.8) is 0 Å². The van der Waals surface area contributed by atoms with Crippen LogP contribution in [0.15, 0.2) is 6.07 Å². The van der Waals surface area contributed by atoms with Gasteiger partial charge in [-0.2, -0.15) is 0 Å². The Morgan fingerprint density at radius 3 is 2.53 bits per heavy atom. The van der Waals surface area contributed by atoms with Crippen LogP contribution in [-0.2, 0) is 0 Å². The maximum Gasteiger partial charge on any atom is 0.147 e. The van der Waals surface area contributed by atoms with E-state index in [1.54, 1.807) is 13.1 Å². The molecule has 3 N–H and O–H groups in total. The smallest absolute Gasteiger partial charge is 0.147 e. The number of aromatic nitrogens is 1. The molecule has 1 atom stereocenters. The Bertz CT molecular complexity index is 396. The second kappa shape index (κ2) is 8.46. The third-order valence-corrected chi connectivity index (χ3v) is 3.53. The summed E-state index contributed by atoms with van der Waals surface area (Å²) in [5.74, 6) is 1.64. The quantitative estimate of drug-likeness (QED) is 0.686. The van der Waals surface area contributed by atoms with Crippen molar-refractivity contribution < 1.29 is 5.11 Å². The van der Waals surface area contributed by atoms with Crippen LogP contribution in [0.5, 0.6) is 0 Å². The van der Waals surface area contributed by atoms with E-state index < -0.39 is 0 Å². The molecule has 0 radical (unpaired) electrons. The first kappa shape index (κ1) is 16.3. The second-order valence-corrected chi connectivity index (χ2v) is 5.26. The summed E-state index contributed by atoms with van der Waals surface area (Å²) >= 11 is 12.1. The first-order chi connectivity index (χ1) is 9.12. The van der Waals surface area contributed by atoms with Crippen molar-refractivity contribution in [3.8, 4) is 0 Å². The molecule has 1 aromatic rings. The Balaban J connectivity index is 2.70. The molecule has 6 heteroatoms. The molecule has 0 aliphatic heterocycles. The molecule has 0 spiro atoms. The summed E-state index contributed by atoms with van der Waals surface area (Å²) in [7, 11) is 1.76. The van der Waals surface area contributed by atoms with E-state index in [-0.39, 0.29) is 6.61 Å². The Morgan fingerprint density at radius 1 is 1.26 bits per heavy atom. The van der Waals surface area contributed by atoms with Crippen molar-refractivity contribution in [1.82, 2.24) is 4.98 Å². The van der Waals surface area contributed by atoms with Crippen LogP contribution in [0.1, 0.15) is 26.2 Å². The molecule has 4 nitrogen and oxygen atoms in total. The highest BCUT2D eigenvalue weighted by Gasteiger charge is 2.11. The normalized spacial score (nSPS) is 12.3. The minimum atomic E-state index is 0.204. The van der Waals surface area contributed by atoms with Crippen LogP contribution in [0.2, 0.25) is 10.0 Å². The van der Waals surface area contributed by atoms with E-state index in [9.17, 15) is 0 Å². The number of halogens is 2. The van der Waals surface area contributed by atoms with Gasteiger partial charge in [0.2, 0.25) is 0 Å². The summed E-state index contributed by atoms with van der Waals surface area (Å²) in [6, 6.07) is 1.67. The van der Waals surface area contributed by atoms with Crippen LogP contribution in [0.3, 0.4) is 0 Å². The van der Waals surface area contributed by atoms with Crippen molar-refractivity contribution in [2.45, 2.75) is 26.2 Å². The van der Waals surface area contributed by atoms with Gasteiger partial charge in [-0.15, -0.1) is 0 Å². The summed E-state index contributed by atoms with van der Waals surface area (Å²) in [6.45, 7) is 3.08. The van der Waals surface area contributed by atoms with Gasteiger partial charge in [0.1, 0.15) is 11.6 Å². The minimum absolute atomic E-state index is 0.204. The van der Waals surface area contributed by atoms with Gasteiger partial charge >= 0.3 is 0 Å². The molecule has 0 aromatic carbocycles. The SMILES string of the molecule is CCCC(CCO)CNc1nc(NC)c(Cl)cc1Cl. The summed E-state index contributed by atoms with van der Waals surface area (Å²) in [5.41, 5.74) is 0. The maximum atomic E-state index is 9.04. The van der Waals surface area contributed by atoms with Crippen LogP contribution < -0.4 is 10.6 Å². The van der Waals surface area contributed by atoms with Crippen molar-refractivity contribution in [1.29, 1.82) is 0 Å². The van der Waals surface area contributed by atoms with E-state index in [1.165, 1.54) is 0 Å². The molecule has 1 heterocycles. The standard InChI is InChI=1S/C13H21Cl2N3O/c1-3-4-9(5-6-19)8-17-13-11(15)7-10(14)12(16-2)18-13/h7,9,19H,3-6,8H2,1-2H3,(H2,16,17,18). The lowest BCUT2D eigenvalue weighted by molar-refractivity contribution is 0.255. The molecular formula is C13H21Cl2N3O. The second-order valence-electron chi connectivity index (χ2n) is 4.45. The van der Waals surface area contributed by atoms with Crippen LogP contribution in [-0.4, -0.2) is 30.3 Å². The van der Waals surface area contributed by atoms with Gasteiger partial charge in [0.05, 0.1) is 10.0 Å². The van der Waals surface area contributed by atoms with Crippen molar-refractivity contribution in [3.05, 3.63) is 16.1 Å². The number of pyridine rings is 1. The average Bonchev–Trinajstić information content (AvgIpc) is 2.38. The Kier molecular flexibility index (Phi) is 7.28. The maximum absolute atomic E-state index is 9.04. The van der Waals surface area contributed by atoms with Gasteiger partial charge in [0.25, 0.3) is 0 Å². The topological polar surface area (TPSA) is 57.2 Å². The number of hydrogen-bond donors (Lipinski definition) is 3. The molecule has 0 amide bonds. The average molecular weight is 306 g/mol. The summed E-state index contributed by atoms with van der Waals surface area (Å²) in [6.07, 6.45) is 2.94. The van der Waals surface area contributed by atoms with Gasteiger partial charge in [-0.1, -0.05) is 36.5 Å². The Morgan fingerprint density at radius 2 is 1.95 bits per heavy atom. The highest BCUT2D eigenvalue weighted by molar-refractivity contribution is 6.37. The molecule has 108 valence electrons. The highest BCUT2D eigenvalue weighted by atomic mass is 35.5. The van der Waals surface area contributed by atoms with Crippen LogP contribution in [0.4, 0.5) is 11.6 Å². The molecule has 0 saturated carbocycles. The van der Waals surface area contributed by atoms with Crippen molar-refractivity contribution in [2.24, 2.45) is 5.92 Å². The molecule has 1 unspecified atom stereocenters. The number of anilines is 2. The third-order valence-electron chi connectivity index (χ3n) is 2.96. The first-order valence-corrected chi connectivity index (χ1v) is 7.26. The minimum Gasteiger partial charge on any atom is -0.396 e. The lowest BCUT2D eigenvalue weighted by Gasteiger charge is -2.17. The fourth-order valence-corrected chi connectivity index (χ4v) is 2.47. The molecule has 0 aliphatic rings. The molecule has 1 aromatic heterocycles. The first-order valence-electron chi connectivity index (χ1n) is 6.50. The number of rotatable bonds is 8. The van der Waals surface area contributed by atoms with Crippen LogP contribution in [0.25, 0.3) is 0 Å². The van der Waals surface area contributed by atoms with Crippen molar-refractivity contribution in [2.75, 3.05) is 30.8 Å². The number of hydrogen-bond acceptors (Lipinski definition) is 4. The van der Waals surface area contributed by atoms with E-state index in [1.807, 2.05) is 0 Å². The van der Waals surface area contributed by atoms with Gasteiger partial charge in [0.15, 0.2) is 0 Å². The number of nitrogens with one attached hydrogen (secondary N) is 2. The zero-order valence-corrected chi connectivity index (χ0v) is 12.9. The van der Waals surface area contributed by atoms with Gasteiger partial charge < -0.3 is 15.7 Å². The van der Waals surface area contributed by atoms with E-state index >= 15 is 0 Å². The molecule has 1 rings (SSSR count). The fourth-order valence-electron chi connectivity index (χ4n) is 1.95. The molecule has 0 aliphatic carbocycles. The van der Waals surface area contributed by atoms with Crippen LogP contribution in [0, 0.1) is 5.92 Å². The number of aliphatic hydroxyl groups excluding tert-OH is 1. The summed E-state index contributed by atoms with van der Waals surface area (Å²) in [4.78, 5) is 4.33. The largest absolute Gasteiger partial charge is 0.396 e. The predicted octanol–water partition coefficient (Wildman–Crippen LogP) is 3.64. The lowest BCUT2D eigenvalue weighted by Crippen LogP contribution is -2.16. The van der Waals surface area contributed by atoms with Gasteiger partial charge in [-0.3, -0.25) is 0 Å². The van der Waals surface area contributed by atoms with Gasteiger partial charge in [0, 0.05) is 20.2 Å². The zero-order chi connectivity index (χ0) is 14.3. The predicted molar refractivity (Wildman–Crippen MR) is 82.4 cm³/mol. The van der Waals surface area contributed by atoms with E-state index in [0.717, 1.165) is 25.8 Å². The van der Waals surface area contributed by atoms with Gasteiger partial charge in [-0.25, -0.2) is 4.98 Å². The number of aliphatic hydroxyl groups is 1. The third kappa shape index (κ3) is 5.05. The van der Waals surface area contributed by atoms with E-state index in [2.05, 4.69) is 22.5 Å². The molecule has 19 heavy (non-hydrogen) atoms. The lowest BCUT2D eigenvalue weighted by atomic mass is 10.0. The van der Waals surface area contributed by atoms with E-state index in [4.69, 9.17) is 28.3 Å². The van der Waals surface area contributed by atoms with Gasteiger partial charge in [-0.05, 0) is 24.8 Å². The molecular weight excluding hydrogens is 285 g/mol. The molecule has 0 saturated heterocycles. The van der Waals surface area contributed by atoms with Crippen molar-refractivity contribution >= 4 is 34.8 Å². The Labute approximate surface area is 124 Å². The monoisotopic (exact) mass is 305 g/mol. The zero-order valence-electron chi connectivity index (χ0n) is 11.3. The summed E-state index contributed by atoms with van der Waals surface area (Å²) < 4.78 is 0. The molecule has 0 bridgehead atoms. The molecule has 0 fully saturated rings. The van der Waals surface area contributed by atoms with E-state index in [0.29, 0.717) is 27.6 Å². The number of nitrogens with zero attached hydrogens (tertiary/aromatic N) is 1. The summed E-state index contributed by atoms with van der Waals surface area (Å²) in [5, 5.41) is 16.2.